The van der Waals surface area contributed by atoms with Gasteiger partial charge >= 0.3 is 5.97 Å². The van der Waals surface area contributed by atoms with E-state index >= 15 is 0 Å². The molecule has 0 aromatic rings. The molecule has 90 valence electrons. The minimum absolute atomic E-state index is 0.125. The number of carbonyl (C=O) groups is 2. The van der Waals surface area contributed by atoms with Gasteiger partial charge in [0.05, 0.1) is 5.92 Å². The number of piperazine rings is 1. The van der Waals surface area contributed by atoms with Gasteiger partial charge in [0, 0.05) is 39.1 Å². The Morgan fingerprint density at radius 2 is 1.94 bits per heavy atom. The van der Waals surface area contributed by atoms with Crippen molar-refractivity contribution in [2.24, 2.45) is 5.92 Å². The van der Waals surface area contributed by atoms with Crippen molar-refractivity contribution in [3.8, 4) is 0 Å². The van der Waals surface area contributed by atoms with Crippen LogP contribution < -0.4 is 0 Å². The van der Waals surface area contributed by atoms with Crippen LogP contribution in [0.2, 0.25) is 0 Å². The van der Waals surface area contributed by atoms with Crippen LogP contribution in [-0.2, 0) is 9.59 Å². The smallest absolute Gasteiger partial charge is 0.307 e. The van der Waals surface area contributed by atoms with Gasteiger partial charge in [-0.2, -0.15) is 0 Å². The topological polar surface area (TPSA) is 60.9 Å². The third kappa shape index (κ3) is 2.19. The maximum absolute atomic E-state index is 11.3. The molecule has 2 aliphatic rings. The maximum Gasteiger partial charge on any atom is 0.307 e. The normalized spacial score (nSPS) is 30.9. The number of fused-ring (bicyclic) bond motifs is 1. The standard InChI is InChI=1S/C11H18N2O3/c1-8(14)12-4-5-13-6-9(11(15)16)2-3-10(13)7-12/h9-10H,2-7H2,1H3,(H,15,16)/t9-,10-/m1/s1. The monoisotopic (exact) mass is 226 g/mol. The molecule has 2 fully saturated rings. The second-order valence-corrected chi connectivity index (χ2v) is 4.73. The minimum Gasteiger partial charge on any atom is -0.481 e. The van der Waals surface area contributed by atoms with Crippen LogP contribution >= 0.6 is 0 Å². The predicted molar refractivity (Wildman–Crippen MR) is 58.0 cm³/mol. The Labute approximate surface area is 95.0 Å². The average molecular weight is 226 g/mol. The third-order valence-corrected chi connectivity index (χ3v) is 3.70. The number of hydrogen-bond acceptors (Lipinski definition) is 3. The second kappa shape index (κ2) is 4.41. The summed E-state index contributed by atoms with van der Waals surface area (Å²) in [6.07, 6.45) is 1.63. The van der Waals surface area contributed by atoms with Gasteiger partial charge in [0.25, 0.3) is 0 Å². The van der Waals surface area contributed by atoms with Crippen LogP contribution in [0, 0.1) is 5.92 Å². The lowest BCUT2D eigenvalue weighted by Gasteiger charge is -2.45. The molecule has 5 nitrogen and oxygen atoms in total. The number of aliphatic carboxylic acids is 1. The van der Waals surface area contributed by atoms with E-state index in [1.54, 1.807) is 6.92 Å². The first-order chi connectivity index (χ1) is 7.58. The summed E-state index contributed by atoms with van der Waals surface area (Å²) in [6, 6.07) is 0.369. The van der Waals surface area contributed by atoms with E-state index in [9.17, 15) is 9.59 Å². The molecular formula is C11H18N2O3. The number of piperidine rings is 1. The zero-order valence-corrected chi connectivity index (χ0v) is 9.56. The number of rotatable bonds is 1. The van der Waals surface area contributed by atoms with Crippen LogP contribution in [0.4, 0.5) is 0 Å². The zero-order chi connectivity index (χ0) is 11.7. The fourth-order valence-corrected chi connectivity index (χ4v) is 2.66. The molecular weight excluding hydrogens is 208 g/mol. The SMILES string of the molecule is CC(=O)N1CCN2C[C@H](C(=O)O)CC[C@@H]2C1. The largest absolute Gasteiger partial charge is 0.481 e. The van der Waals surface area contributed by atoms with Crippen molar-refractivity contribution in [1.29, 1.82) is 0 Å². The van der Waals surface area contributed by atoms with E-state index in [4.69, 9.17) is 5.11 Å². The first-order valence-electron chi connectivity index (χ1n) is 5.80. The molecule has 0 spiro atoms. The summed E-state index contributed by atoms with van der Waals surface area (Å²) in [7, 11) is 0. The van der Waals surface area contributed by atoms with Gasteiger partial charge in [-0.1, -0.05) is 0 Å². The Hall–Kier alpha value is -1.10. The molecule has 2 atom stereocenters. The van der Waals surface area contributed by atoms with Gasteiger partial charge in [-0.05, 0) is 12.8 Å². The summed E-state index contributed by atoms with van der Waals surface area (Å²) >= 11 is 0. The Morgan fingerprint density at radius 1 is 1.19 bits per heavy atom. The van der Waals surface area contributed by atoms with Crippen molar-refractivity contribution in [2.45, 2.75) is 25.8 Å². The predicted octanol–water partition coefficient (Wildman–Crippen LogP) is 0.0137. The van der Waals surface area contributed by atoms with Gasteiger partial charge in [-0.25, -0.2) is 0 Å². The molecule has 5 heteroatoms. The molecule has 2 heterocycles. The summed E-state index contributed by atoms with van der Waals surface area (Å²) in [6.45, 7) is 4.55. The summed E-state index contributed by atoms with van der Waals surface area (Å²) in [4.78, 5) is 26.3. The summed E-state index contributed by atoms with van der Waals surface area (Å²) in [5, 5.41) is 8.98. The molecule has 0 bridgehead atoms. The Balaban J connectivity index is 1.95. The highest BCUT2D eigenvalue weighted by molar-refractivity contribution is 5.73. The molecule has 2 saturated heterocycles. The second-order valence-electron chi connectivity index (χ2n) is 4.73. The summed E-state index contributed by atoms with van der Waals surface area (Å²) in [5.41, 5.74) is 0. The van der Waals surface area contributed by atoms with E-state index in [-0.39, 0.29) is 11.8 Å². The van der Waals surface area contributed by atoms with Gasteiger partial charge < -0.3 is 10.0 Å². The molecule has 2 aliphatic heterocycles. The van der Waals surface area contributed by atoms with Crippen LogP contribution in [-0.4, -0.2) is 59.0 Å². The van der Waals surface area contributed by atoms with Gasteiger partial charge in [-0.15, -0.1) is 0 Å². The molecule has 1 amide bonds. The molecule has 0 aromatic carbocycles. The van der Waals surface area contributed by atoms with Gasteiger partial charge in [0.1, 0.15) is 0 Å². The Kier molecular flexibility index (Phi) is 3.14. The average Bonchev–Trinajstić information content (AvgIpc) is 2.27. The molecule has 2 rings (SSSR count). The molecule has 16 heavy (non-hydrogen) atoms. The van der Waals surface area contributed by atoms with Gasteiger partial charge in [-0.3, -0.25) is 14.5 Å². The van der Waals surface area contributed by atoms with Crippen molar-refractivity contribution < 1.29 is 14.7 Å². The number of carboxylic acids is 1. The van der Waals surface area contributed by atoms with Crippen molar-refractivity contribution >= 4 is 11.9 Å². The van der Waals surface area contributed by atoms with Crippen LogP contribution in [0.25, 0.3) is 0 Å². The Morgan fingerprint density at radius 3 is 2.56 bits per heavy atom. The third-order valence-electron chi connectivity index (χ3n) is 3.70. The van der Waals surface area contributed by atoms with Crippen molar-refractivity contribution in [2.75, 3.05) is 26.2 Å². The van der Waals surface area contributed by atoms with Crippen LogP contribution in [0.5, 0.6) is 0 Å². The van der Waals surface area contributed by atoms with E-state index in [0.29, 0.717) is 12.6 Å². The summed E-state index contributed by atoms with van der Waals surface area (Å²) in [5.74, 6) is -0.785. The highest BCUT2D eigenvalue weighted by Gasteiger charge is 2.35. The molecule has 0 aliphatic carbocycles. The van der Waals surface area contributed by atoms with Crippen molar-refractivity contribution in [3.05, 3.63) is 0 Å². The van der Waals surface area contributed by atoms with E-state index in [0.717, 1.165) is 32.5 Å². The van der Waals surface area contributed by atoms with Crippen LogP contribution in [0.15, 0.2) is 0 Å². The first kappa shape index (κ1) is 11.4. The number of nitrogens with zero attached hydrogens (tertiary/aromatic N) is 2. The van der Waals surface area contributed by atoms with E-state index in [1.807, 2.05) is 4.90 Å². The number of carbonyl (C=O) groups excluding carboxylic acids is 1. The first-order valence-corrected chi connectivity index (χ1v) is 5.80. The quantitative estimate of drug-likeness (QED) is 0.684. The highest BCUT2D eigenvalue weighted by atomic mass is 16.4. The number of amides is 1. The fraction of sp³-hybridized carbons (Fsp3) is 0.818. The van der Waals surface area contributed by atoms with Crippen LogP contribution in [0.3, 0.4) is 0 Å². The number of carboxylic acid groups (broad SMARTS) is 1. The van der Waals surface area contributed by atoms with Crippen molar-refractivity contribution in [1.82, 2.24) is 9.80 Å². The molecule has 0 unspecified atom stereocenters. The lowest BCUT2D eigenvalue weighted by molar-refractivity contribution is -0.146. The fourth-order valence-electron chi connectivity index (χ4n) is 2.66. The zero-order valence-electron chi connectivity index (χ0n) is 9.56. The minimum atomic E-state index is -0.688. The lowest BCUT2D eigenvalue weighted by Crippen LogP contribution is -2.57. The van der Waals surface area contributed by atoms with E-state index in [1.165, 1.54) is 0 Å². The highest BCUT2D eigenvalue weighted by Crippen LogP contribution is 2.25. The van der Waals surface area contributed by atoms with Gasteiger partial charge in [0.15, 0.2) is 0 Å². The Bertz CT molecular complexity index is 276. The summed E-state index contributed by atoms with van der Waals surface area (Å²) < 4.78 is 0. The molecule has 0 saturated carbocycles. The molecule has 0 radical (unpaired) electrons. The lowest BCUT2D eigenvalue weighted by atomic mass is 9.91. The van der Waals surface area contributed by atoms with E-state index in [2.05, 4.69) is 4.90 Å². The van der Waals surface area contributed by atoms with Crippen molar-refractivity contribution in [3.63, 3.8) is 0 Å². The maximum atomic E-state index is 11.3. The molecule has 0 aromatic heterocycles. The number of hydrogen-bond donors (Lipinski definition) is 1. The van der Waals surface area contributed by atoms with Crippen LogP contribution in [0.1, 0.15) is 19.8 Å². The van der Waals surface area contributed by atoms with Gasteiger partial charge in [0.2, 0.25) is 5.91 Å². The molecule has 1 N–H and O–H groups in total. The van der Waals surface area contributed by atoms with E-state index < -0.39 is 5.97 Å².